The third kappa shape index (κ3) is 8.12. The number of carbonyl (C=O) groups is 4. The van der Waals surface area contributed by atoms with Gasteiger partial charge in [-0.1, -0.05) is 26.0 Å². The van der Waals surface area contributed by atoms with Crippen LogP contribution < -0.4 is 20.1 Å². The van der Waals surface area contributed by atoms with Gasteiger partial charge in [-0.15, -0.1) is 0 Å². The van der Waals surface area contributed by atoms with E-state index in [2.05, 4.69) is 10.6 Å². The molecular weight excluding hydrogens is 444 g/mol. The zero-order valence-corrected chi connectivity index (χ0v) is 19.2. The van der Waals surface area contributed by atoms with E-state index in [9.17, 15) is 19.2 Å². The first-order valence-corrected chi connectivity index (χ1v) is 10.5. The second kappa shape index (κ2) is 12.2. The van der Waals surface area contributed by atoms with Crippen LogP contribution in [0, 0.1) is 5.92 Å². The lowest BCUT2D eigenvalue weighted by Crippen LogP contribution is -2.48. The molecule has 0 aliphatic heterocycles. The van der Waals surface area contributed by atoms with Crippen molar-refractivity contribution in [2.45, 2.75) is 32.9 Å². The molecule has 0 heterocycles. The summed E-state index contributed by atoms with van der Waals surface area (Å²) >= 11 is 0. The van der Waals surface area contributed by atoms with Crippen LogP contribution >= 0.6 is 0 Å². The highest BCUT2D eigenvalue weighted by molar-refractivity contribution is 5.94. The Kier molecular flexibility index (Phi) is 9.42. The highest BCUT2D eigenvalue weighted by Gasteiger charge is 2.22. The van der Waals surface area contributed by atoms with Crippen LogP contribution in [-0.4, -0.2) is 53.7 Å². The van der Waals surface area contributed by atoms with E-state index < -0.39 is 30.5 Å². The molecule has 0 bridgehead atoms. The molecule has 10 heteroatoms. The van der Waals surface area contributed by atoms with Crippen molar-refractivity contribution in [3.8, 4) is 11.5 Å². The first-order valence-electron chi connectivity index (χ1n) is 10.5. The van der Waals surface area contributed by atoms with E-state index in [1.807, 2.05) is 26.0 Å². The fourth-order valence-electron chi connectivity index (χ4n) is 3.07. The van der Waals surface area contributed by atoms with Crippen molar-refractivity contribution in [2.24, 2.45) is 5.92 Å². The van der Waals surface area contributed by atoms with Gasteiger partial charge in [-0.3, -0.25) is 9.59 Å². The number of carbonyl (C=O) groups excluding carboxylic acids is 2. The average Bonchev–Trinajstić information content (AvgIpc) is 2.80. The highest BCUT2D eigenvalue weighted by atomic mass is 16.5. The van der Waals surface area contributed by atoms with Crippen LogP contribution in [0.15, 0.2) is 42.5 Å². The van der Waals surface area contributed by atoms with Crippen LogP contribution in [0.5, 0.6) is 11.5 Å². The van der Waals surface area contributed by atoms with Crippen LogP contribution in [0.4, 0.5) is 0 Å². The maximum atomic E-state index is 12.7. The Hall–Kier alpha value is -4.08. The summed E-state index contributed by atoms with van der Waals surface area (Å²) in [6.45, 7) is 3.57. The molecule has 0 radical (unpaired) electrons. The molecule has 2 amide bonds. The van der Waals surface area contributed by atoms with Crippen molar-refractivity contribution in [1.29, 1.82) is 0 Å². The predicted molar refractivity (Wildman–Crippen MR) is 122 cm³/mol. The molecule has 4 N–H and O–H groups in total. The number of carboxylic acid groups (broad SMARTS) is 2. The summed E-state index contributed by atoms with van der Waals surface area (Å²) in [6, 6.07) is 9.62. The highest BCUT2D eigenvalue weighted by Crippen LogP contribution is 2.18. The molecular formula is C24H28N2O8. The number of nitrogens with one attached hydrogen (secondary N) is 2. The molecule has 0 aliphatic rings. The molecule has 10 nitrogen and oxygen atoms in total. The Morgan fingerprint density at radius 1 is 0.912 bits per heavy atom. The first-order chi connectivity index (χ1) is 16.1. The van der Waals surface area contributed by atoms with Gasteiger partial charge in [0.1, 0.15) is 17.5 Å². The summed E-state index contributed by atoms with van der Waals surface area (Å²) in [5.74, 6) is -2.91. The molecule has 0 spiro atoms. The van der Waals surface area contributed by atoms with Gasteiger partial charge >= 0.3 is 11.9 Å². The number of aromatic carboxylic acids is 2. The van der Waals surface area contributed by atoms with Gasteiger partial charge in [0.05, 0.1) is 18.2 Å². The van der Waals surface area contributed by atoms with E-state index in [0.29, 0.717) is 12.2 Å². The third-order valence-corrected chi connectivity index (χ3v) is 4.75. The van der Waals surface area contributed by atoms with E-state index in [1.165, 1.54) is 0 Å². The molecule has 2 aromatic rings. The van der Waals surface area contributed by atoms with Crippen molar-refractivity contribution in [2.75, 3.05) is 13.7 Å². The van der Waals surface area contributed by atoms with Crippen LogP contribution in [0.2, 0.25) is 0 Å². The molecule has 1 atom stereocenters. The quantitative estimate of drug-likeness (QED) is 0.367. The molecule has 0 aromatic heterocycles. The lowest BCUT2D eigenvalue weighted by molar-refractivity contribution is -0.130. The Morgan fingerprint density at radius 2 is 1.50 bits per heavy atom. The minimum Gasteiger partial charge on any atom is -0.497 e. The third-order valence-electron chi connectivity index (χ3n) is 4.75. The molecule has 0 aliphatic carbocycles. The molecule has 2 rings (SSSR count). The molecule has 0 fully saturated rings. The SMILES string of the molecule is COc1ccc(CNC(=O)[C@H](CC(C)C)NC(=O)COc2cc(C(=O)O)cc(C(=O)O)c2)cc1. The fourth-order valence-corrected chi connectivity index (χ4v) is 3.07. The molecule has 182 valence electrons. The zero-order valence-electron chi connectivity index (χ0n) is 19.2. The molecule has 0 unspecified atom stereocenters. The van der Waals surface area contributed by atoms with Crippen molar-refractivity contribution in [1.82, 2.24) is 10.6 Å². The van der Waals surface area contributed by atoms with Gasteiger partial charge in [0.15, 0.2) is 6.61 Å². The number of amides is 2. The lowest BCUT2D eigenvalue weighted by atomic mass is 10.0. The second-order valence-electron chi connectivity index (χ2n) is 7.96. The number of methoxy groups -OCH3 is 1. The second-order valence-corrected chi connectivity index (χ2v) is 7.96. The number of hydrogen-bond acceptors (Lipinski definition) is 6. The van der Waals surface area contributed by atoms with Gasteiger partial charge in [-0.2, -0.15) is 0 Å². The summed E-state index contributed by atoms with van der Waals surface area (Å²) in [7, 11) is 1.56. The molecule has 2 aromatic carbocycles. The van der Waals surface area contributed by atoms with E-state index in [0.717, 1.165) is 23.8 Å². The smallest absolute Gasteiger partial charge is 0.335 e. The summed E-state index contributed by atoms with van der Waals surface area (Å²) in [6.07, 6.45) is 0.387. The van der Waals surface area contributed by atoms with Crippen LogP contribution in [0.3, 0.4) is 0 Å². The Balaban J connectivity index is 1.99. The predicted octanol–water partition coefficient (Wildman–Crippen LogP) is 2.32. The van der Waals surface area contributed by atoms with Crippen LogP contribution in [0.1, 0.15) is 46.5 Å². The summed E-state index contributed by atoms with van der Waals surface area (Å²) in [5, 5.41) is 23.7. The van der Waals surface area contributed by atoms with E-state index in [1.54, 1.807) is 19.2 Å². The lowest BCUT2D eigenvalue weighted by Gasteiger charge is -2.20. The Labute approximate surface area is 196 Å². The summed E-state index contributed by atoms with van der Waals surface area (Å²) in [4.78, 5) is 47.5. The van der Waals surface area contributed by atoms with E-state index >= 15 is 0 Å². The largest absolute Gasteiger partial charge is 0.497 e. The van der Waals surface area contributed by atoms with E-state index in [-0.39, 0.29) is 35.2 Å². The zero-order chi connectivity index (χ0) is 25.3. The van der Waals surface area contributed by atoms with Gasteiger partial charge in [0.25, 0.3) is 5.91 Å². The van der Waals surface area contributed by atoms with Crippen molar-refractivity contribution >= 4 is 23.8 Å². The Bertz CT molecular complexity index is 1000. The van der Waals surface area contributed by atoms with E-state index in [4.69, 9.17) is 19.7 Å². The topological polar surface area (TPSA) is 151 Å². The standard InChI is InChI=1S/C24H28N2O8/c1-14(2)8-20(22(28)25-12-15-4-6-18(33-3)7-5-15)26-21(27)13-34-19-10-16(23(29)30)9-17(11-19)24(31)32/h4-7,9-11,14,20H,8,12-13H2,1-3H3,(H,25,28)(H,26,27)(H,29,30)(H,31,32)/t20-/m0/s1. The summed E-state index contributed by atoms with van der Waals surface area (Å²) < 4.78 is 10.4. The van der Waals surface area contributed by atoms with Gasteiger partial charge in [0, 0.05) is 6.54 Å². The van der Waals surface area contributed by atoms with Gasteiger partial charge in [0.2, 0.25) is 5.91 Å². The monoisotopic (exact) mass is 472 g/mol. The maximum Gasteiger partial charge on any atom is 0.335 e. The minimum absolute atomic E-state index is 0.0863. The maximum absolute atomic E-state index is 12.7. The minimum atomic E-state index is -1.33. The first kappa shape index (κ1) is 26.2. The molecule has 0 saturated heterocycles. The van der Waals surface area contributed by atoms with Gasteiger partial charge in [-0.25, -0.2) is 9.59 Å². The van der Waals surface area contributed by atoms with Gasteiger partial charge < -0.3 is 30.3 Å². The fraction of sp³-hybridized carbons (Fsp3) is 0.333. The number of hydrogen-bond donors (Lipinski definition) is 4. The van der Waals surface area contributed by atoms with Crippen molar-refractivity contribution in [3.05, 3.63) is 59.2 Å². The van der Waals surface area contributed by atoms with Gasteiger partial charge in [-0.05, 0) is 48.2 Å². The normalized spacial score (nSPS) is 11.4. The number of ether oxygens (including phenoxy) is 2. The average molecular weight is 472 g/mol. The molecule has 34 heavy (non-hydrogen) atoms. The van der Waals surface area contributed by atoms with Crippen molar-refractivity contribution in [3.63, 3.8) is 0 Å². The number of benzene rings is 2. The molecule has 0 saturated carbocycles. The van der Waals surface area contributed by atoms with Crippen molar-refractivity contribution < 1.29 is 38.9 Å². The van der Waals surface area contributed by atoms with Crippen LogP contribution in [0.25, 0.3) is 0 Å². The van der Waals surface area contributed by atoms with Crippen LogP contribution in [-0.2, 0) is 16.1 Å². The number of carboxylic acids is 2. The Morgan fingerprint density at radius 3 is 2.00 bits per heavy atom. The number of rotatable bonds is 12. The summed E-state index contributed by atoms with van der Waals surface area (Å²) in [5.41, 5.74) is 0.288.